The molecule has 0 radical (unpaired) electrons. The van der Waals surface area contributed by atoms with Gasteiger partial charge in [-0.05, 0) is 115 Å². The van der Waals surface area contributed by atoms with E-state index >= 15 is 0 Å². The summed E-state index contributed by atoms with van der Waals surface area (Å²) in [6, 6.07) is 53.7. The van der Waals surface area contributed by atoms with Gasteiger partial charge in [0.2, 0.25) is 0 Å². The summed E-state index contributed by atoms with van der Waals surface area (Å²) < 4.78 is 4.63. The normalized spacial score (nSPS) is 12.6. The zero-order valence-electron chi connectivity index (χ0n) is 46.9. The predicted octanol–water partition coefficient (Wildman–Crippen LogP) is 18.7. The minimum atomic E-state index is -0.211. The predicted molar refractivity (Wildman–Crippen MR) is 315 cm³/mol. The number of aromatic nitrogens is 4. The van der Waals surface area contributed by atoms with E-state index in [-0.39, 0.29) is 53.9 Å². The molecule has 3 aromatic heterocycles. The maximum Gasteiger partial charge on any atom is 0.190 e. The Bertz CT molecular complexity index is 3870. The van der Waals surface area contributed by atoms with Crippen LogP contribution in [-0.2, 0) is 48.1 Å². The van der Waals surface area contributed by atoms with E-state index in [0.29, 0.717) is 17.1 Å². The van der Waals surface area contributed by atoms with Crippen LogP contribution in [0, 0.1) is 12.6 Å². The summed E-state index contributed by atoms with van der Waals surface area (Å²) in [6.07, 6.45) is 1.92. The van der Waals surface area contributed by atoms with E-state index in [1.54, 1.807) is 6.07 Å². The third-order valence-corrected chi connectivity index (χ3v) is 14.9. The summed E-state index contributed by atoms with van der Waals surface area (Å²) >= 11 is 0. The van der Waals surface area contributed by atoms with Crippen molar-refractivity contribution in [2.24, 2.45) is 0 Å². The second-order valence-electron chi connectivity index (χ2n) is 25.8. The molecule has 0 aliphatic carbocycles. The molecule has 0 atom stereocenters. The monoisotopic (exact) mass is 1180 g/mol. The number of rotatable bonds is 6. The van der Waals surface area contributed by atoms with Crippen LogP contribution in [0.3, 0.4) is 0 Å². The van der Waals surface area contributed by atoms with E-state index in [0.717, 1.165) is 61.3 Å². The molecular formula is C69H70N5OPt-. The topological polar surface area (TPSA) is 60.2 Å². The first-order valence-electron chi connectivity index (χ1n) is 26.3. The number of fused-ring (bicyclic) bond motifs is 4. The third-order valence-electron chi connectivity index (χ3n) is 14.9. The zero-order valence-corrected chi connectivity index (χ0v) is 49.1. The van der Waals surface area contributed by atoms with Gasteiger partial charge >= 0.3 is 0 Å². The number of aromatic hydroxyl groups is 1. The van der Waals surface area contributed by atoms with Crippen LogP contribution >= 0.6 is 0 Å². The van der Waals surface area contributed by atoms with Crippen LogP contribution in [0.25, 0.3) is 94.0 Å². The Morgan fingerprint density at radius 2 is 1.00 bits per heavy atom. The first kappa shape index (κ1) is 53.8. The van der Waals surface area contributed by atoms with Gasteiger partial charge in [0.15, 0.2) is 5.69 Å². The first-order valence-corrected chi connectivity index (χ1v) is 26.3. The number of hydrogen-bond donors (Lipinski definition) is 1. The van der Waals surface area contributed by atoms with Crippen molar-refractivity contribution in [2.45, 2.75) is 131 Å². The molecular weight excluding hydrogens is 1110 g/mol. The van der Waals surface area contributed by atoms with Crippen LogP contribution in [0.1, 0.15) is 132 Å². The van der Waals surface area contributed by atoms with E-state index in [4.69, 9.17) is 16.5 Å². The second kappa shape index (κ2) is 19.2. The van der Waals surface area contributed by atoms with Crippen molar-refractivity contribution in [3.8, 4) is 62.0 Å². The Morgan fingerprint density at radius 1 is 0.474 bits per heavy atom. The summed E-state index contributed by atoms with van der Waals surface area (Å²) in [7, 11) is 0. The first-order chi connectivity index (χ1) is 35.2. The summed E-state index contributed by atoms with van der Waals surface area (Å²) in [4.78, 5) is 14.1. The van der Waals surface area contributed by atoms with Gasteiger partial charge in [0.25, 0.3) is 0 Å². The maximum absolute atomic E-state index is 11.6. The fourth-order valence-electron chi connectivity index (χ4n) is 10.2. The minimum absolute atomic E-state index is 0. The van der Waals surface area contributed by atoms with Crippen molar-refractivity contribution in [3.05, 3.63) is 191 Å². The Kier molecular flexibility index (Phi) is 13.6. The van der Waals surface area contributed by atoms with E-state index in [9.17, 15) is 5.11 Å². The number of phenolic OH excluding ortho intramolecular Hbond substituents is 1. The molecule has 0 amide bonds. The Labute approximate surface area is 465 Å². The molecule has 7 aromatic carbocycles. The van der Waals surface area contributed by atoms with Crippen molar-refractivity contribution in [2.75, 3.05) is 0 Å². The molecule has 6 nitrogen and oxygen atoms in total. The quantitative estimate of drug-likeness (QED) is 0.169. The molecule has 76 heavy (non-hydrogen) atoms. The number of imidazole rings is 1. The molecule has 10 rings (SSSR count). The van der Waals surface area contributed by atoms with Crippen molar-refractivity contribution < 1.29 is 26.2 Å². The smallest absolute Gasteiger partial charge is 0.190 e. The molecule has 10 aromatic rings. The van der Waals surface area contributed by atoms with E-state index in [1.807, 2.05) is 12.3 Å². The molecule has 0 saturated heterocycles. The van der Waals surface area contributed by atoms with E-state index < -0.39 is 0 Å². The van der Waals surface area contributed by atoms with Crippen LogP contribution in [0.15, 0.2) is 146 Å². The second-order valence-corrected chi connectivity index (χ2v) is 25.8. The van der Waals surface area contributed by atoms with Gasteiger partial charge in [-0.3, -0.25) is 9.55 Å². The van der Waals surface area contributed by atoms with Gasteiger partial charge in [-0.2, -0.15) is 0 Å². The Morgan fingerprint density at radius 3 is 1.58 bits per heavy atom. The van der Waals surface area contributed by atoms with Crippen molar-refractivity contribution >= 4 is 38.5 Å². The van der Waals surface area contributed by atoms with Crippen LogP contribution in [0.4, 0.5) is 5.69 Å². The number of hydrogen-bond acceptors (Lipinski definition) is 3. The summed E-state index contributed by atoms with van der Waals surface area (Å²) in [6.45, 7) is 41.7. The van der Waals surface area contributed by atoms with Gasteiger partial charge in [0.05, 0.1) is 34.2 Å². The van der Waals surface area contributed by atoms with Gasteiger partial charge in [0, 0.05) is 55.1 Å². The average molecular weight is 1180 g/mol. The molecule has 0 aliphatic heterocycles. The Hall–Kier alpha value is -7.06. The van der Waals surface area contributed by atoms with Gasteiger partial charge < -0.3 is 9.67 Å². The molecule has 0 unspecified atom stereocenters. The fourth-order valence-corrected chi connectivity index (χ4v) is 10.2. The maximum atomic E-state index is 11.6. The van der Waals surface area contributed by atoms with Crippen molar-refractivity contribution in [3.63, 3.8) is 0 Å². The standard InChI is InChI=1S/C69H70N5O.Pt/c1-65(2,3)46-31-44(54-21-19-23-60-63(54)72-64(57-27-25-51(70-16)41-62(57)75)74(60)53-39-49(68(10,11)12)36-50(40-53)69(13,14)15)30-45(32-46)58-33-43(28-29-71-58)42-24-26-56-55-20-17-18-22-59(55)73(61(56)34-42)52-37-47(66(4,5)6)35-48(38-52)67(7,8)9;/h17-29,31-41,75H,1-15H3;/q-1;. The van der Waals surface area contributed by atoms with E-state index in [2.05, 4.69) is 245 Å². The SMILES string of the molecule is [C-]#[N+]c1ccc(-c2nc3c(-c4[c-]c(-c5cc(-c6ccc7c8ccccc8n(-c8cc(C(C)(C)C)cc(C(C)(C)C)c8)c7c6)ccn5)cc(C(C)(C)C)c4)cccc3n2-c2cc(C(C)(C)C)cc(C(C)(C)C)c2)c(O)c1.[Pt]. The van der Waals surface area contributed by atoms with Gasteiger partial charge in [-0.15, -0.1) is 29.3 Å². The molecule has 0 aliphatic rings. The fraction of sp³-hybridized carbons (Fsp3) is 0.290. The van der Waals surface area contributed by atoms with Crippen LogP contribution < -0.4 is 0 Å². The van der Waals surface area contributed by atoms with Crippen molar-refractivity contribution in [1.29, 1.82) is 0 Å². The molecule has 1 N–H and O–H groups in total. The number of para-hydroxylation sites is 2. The minimum Gasteiger partial charge on any atom is -0.509 e. The summed E-state index contributed by atoms with van der Waals surface area (Å²) in [5.41, 5.74) is 18.4. The molecule has 0 saturated carbocycles. The number of nitrogens with zero attached hydrogens (tertiary/aromatic N) is 5. The van der Waals surface area contributed by atoms with Crippen LogP contribution in [-0.4, -0.2) is 24.2 Å². The van der Waals surface area contributed by atoms with Crippen molar-refractivity contribution in [1.82, 2.24) is 19.1 Å². The number of pyridine rings is 1. The molecule has 0 spiro atoms. The average Bonchev–Trinajstić information content (AvgIpc) is 3.94. The van der Waals surface area contributed by atoms with Gasteiger partial charge in [-0.1, -0.05) is 188 Å². The summed E-state index contributed by atoms with van der Waals surface area (Å²) in [5, 5.41) is 14.1. The van der Waals surface area contributed by atoms with Crippen LogP contribution in [0.5, 0.6) is 5.75 Å². The summed E-state index contributed by atoms with van der Waals surface area (Å²) in [5.74, 6) is 0.593. The molecule has 388 valence electrons. The zero-order chi connectivity index (χ0) is 53.7. The molecule has 0 fully saturated rings. The number of benzene rings is 7. The molecule has 0 bridgehead atoms. The van der Waals surface area contributed by atoms with Crippen LogP contribution in [0.2, 0.25) is 0 Å². The van der Waals surface area contributed by atoms with Gasteiger partial charge in [0.1, 0.15) is 11.6 Å². The largest absolute Gasteiger partial charge is 0.509 e. The third kappa shape index (κ3) is 10.1. The Balaban J connectivity index is 0.00000706. The number of phenols is 1. The molecule has 7 heteroatoms. The van der Waals surface area contributed by atoms with E-state index in [1.165, 1.54) is 50.3 Å². The molecule has 3 heterocycles. The van der Waals surface area contributed by atoms with Gasteiger partial charge in [-0.25, -0.2) is 9.83 Å².